The topological polar surface area (TPSA) is 75.1 Å². The van der Waals surface area contributed by atoms with Crippen LogP contribution in [-0.2, 0) is 0 Å². The molecule has 0 aliphatic rings. The smallest absolute Gasteiger partial charge is 0.252 e. The van der Waals surface area contributed by atoms with E-state index >= 15 is 0 Å². The lowest BCUT2D eigenvalue weighted by molar-refractivity contribution is 0.0945. The van der Waals surface area contributed by atoms with Crippen molar-refractivity contribution in [2.24, 2.45) is 5.92 Å². The summed E-state index contributed by atoms with van der Waals surface area (Å²) in [6.07, 6.45) is 3.59. The van der Waals surface area contributed by atoms with E-state index in [4.69, 9.17) is 5.11 Å². The van der Waals surface area contributed by atoms with Crippen molar-refractivity contribution in [3.05, 3.63) is 24.0 Å². The molecular formula is C10H15N3O2. The summed E-state index contributed by atoms with van der Waals surface area (Å²) in [5, 5.41) is 18.7. The van der Waals surface area contributed by atoms with Crippen LogP contribution in [0.15, 0.2) is 18.5 Å². The maximum atomic E-state index is 11.5. The van der Waals surface area contributed by atoms with Gasteiger partial charge in [-0.25, -0.2) is 0 Å². The van der Waals surface area contributed by atoms with Gasteiger partial charge in [0.2, 0.25) is 0 Å². The van der Waals surface area contributed by atoms with Crippen molar-refractivity contribution in [3.63, 3.8) is 0 Å². The Morgan fingerprint density at radius 2 is 2.40 bits per heavy atom. The molecule has 0 fully saturated rings. The minimum Gasteiger partial charge on any atom is -0.396 e. The molecule has 15 heavy (non-hydrogen) atoms. The van der Waals surface area contributed by atoms with Gasteiger partial charge in [-0.15, -0.1) is 0 Å². The van der Waals surface area contributed by atoms with Crippen molar-refractivity contribution in [2.45, 2.75) is 13.3 Å². The largest absolute Gasteiger partial charge is 0.396 e. The number of hydrogen-bond donors (Lipinski definition) is 2. The maximum Gasteiger partial charge on any atom is 0.252 e. The first kappa shape index (κ1) is 11.6. The molecule has 0 aliphatic carbocycles. The molecule has 0 saturated heterocycles. The number of aromatic nitrogens is 2. The zero-order valence-corrected chi connectivity index (χ0v) is 8.68. The minimum atomic E-state index is -0.158. The van der Waals surface area contributed by atoms with Crippen molar-refractivity contribution in [2.75, 3.05) is 13.2 Å². The number of carbonyl (C=O) groups is 1. The van der Waals surface area contributed by atoms with E-state index in [1.807, 2.05) is 6.92 Å². The lowest BCUT2D eigenvalue weighted by Crippen LogP contribution is -2.28. The predicted octanol–water partition coefficient (Wildman–Crippen LogP) is 0.225. The van der Waals surface area contributed by atoms with Crippen LogP contribution in [-0.4, -0.2) is 34.4 Å². The second-order valence-electron chi connectivity index (χ2n) is 3.46. The lowest BCUT2D eigenvalue weighted by Gasteiger charge is -2.10. The molecule has 0 radical (unpaired) electrons. The van der Waals surface area contributed by atoms with E-state index in [0.717, 1.165) is 0 Å². The Kier molecular flexibility index (Phi) is 4.70. The number of nitrogens with one attached hydrogen (secondary N) is 1. The number of nitrogens with zero attached hydrogens (tertiary/aromatic N) is 2. The Bertz CT molecular complexity index is 303. The molecule has 5 nitrogen and oxygen atoms in total. The van der Waals surface area contributed by atoms with Gasteiger partial charge in [-0.1, -0.05) is 6.92 Å². The van der Waals surface area contributed by atoms with Gasteiger partial charge in [-0.3, -0.25) is 4.79 Å². The van der Waals surface area contributed by atoms with E-state index in [1.54, 1.807) is 6.07 Å². The van der Waals surface area contributed by atoms with Gasteiger partial charge in [-0.2, -0.15) is 10.2 Å². The number of amides is 1. The Balaban J connectivity index is 2.37. The second kappa shape index (κ2) is 6.08. The van der Waals surface area contributed by atoms with Crippen LogP contribution in [0.2, 0.25) is 0 Å². The molecule has 2 N–H and O–H groups in total. The van der Waals surface area contributed by atoms with E-state index < -0.39 is 0 Å². The van der Waals surface area contributed by atoms with Crippen LogP contribution in [0.25, 0.3) is 0 Å². The van der Waals surface area contributed by atoms with Gasteiger partial charge in [0.05, 0.1) is 18.0 Å². The fourth-order valence-electron chi connectivity index (χ4n) is 1.12. The number of hydrogen-bond acceptors (Lipinski definition) is 4. The van der Waals surface area contributed by atoms with Crippen LogP contribution in [0, 0.1) is 5.92 Å². The van der Waals surface area contributed by atoms with Gasteiger partial charge in [-0.05, 0) is 18.4 Å². The van der Waals surface area contributed by atoms with E-state index in [1.165, 1.54) is 12.4 Å². The molecule has 0 aliphatic heterocycles. The molecule has 0 aromatic carbocycles. The van der Waals surface area contributed by atoms with Crippen molar-refractivity contribution in [1.82, 2.24) is 15.5 Å². The minimum absolute atomic E-state index is 0.147. The highest BCUT2D eigenvalue weighted by atomic mass is 16.3. The second-order valence-corrected chi connectivity index (χ2v) is 3.46. The van der Waals surface area contributed by atoms with E-state index in [-0.39, 0.29) is 18.4 Å². The number of aliphatic hydroxyl groups is 1. The molecule has 1 aromatic rings. The number of aliphatic hydroxyl groups excluding tert-OH is 1. The third kappa shape index (κ3) is 4.03. The normalized spacial score (nSPS) is 12.1. The number of rotatable bonds is 5. The van der Waals surface area contributed by atoms with Crippen LogP contribution < -0.4 is 5.32 Å². The monoisotopic (exact) mass is 209 g/mol. The van der Waals surface area contributed by atoms with E-state index in [9.17, 15) is 4.79 Å². The fraction of sp³-hybridized carbons (Fsp3) is 0.500. The van der Waals surface area contributed by atoms with Crippen LogP contribution in [0.4, 0.5) is 0 Å². The zero-order chi connectivity index (χ0) is 11.1. The van der Waals surface area contributed by atoms with Crippen LogP contribution in [0.5, 0.6) is 0 Å². The van der Waals surface area contributed by atoms with Crippen molar-refractivity contribution in [1.29, 1.82) is 0 Å². The average molecular weight is 209 g/mol. The first-order valence-corrected chi connectivity index (χ1v) is 4.89. The van der Waals surface area contributed by atoms with E-state index in [2.05, 4.69) is 15.5 Å². The molecule has 0 saturated carbocycles. The molecule has 0 bridgehead atoms. The molecule has 0 spiro atoms. The quantitative estimate of drug-likeness (QED) is 0.727. The summed E-state index contributed by atoms with van der Waals surface area (Å²) in [6, 6.07) is 1.61. The third-order valence-corrected chi connectivity index (χ3v) is 2.08. The Labute approximate surface area is 88.5 Å². The SMILES string of the molecule is CC(CCO)CNC(=O)c1ccnnc1. The molecule has 1 atom stereocenters. The van der Waals surface area contributed by atoms with Crippen LogP contribution in [0.3, 0.4) is 0 Å². The first-order valence-electron chi connectivity index (χ1n) is 4.89. The average Bonchev–Trinajstić information content (AvgIpc) is 2.27. The summed E-state index contributed by atoms with van der Waals surface area (Å²) in [7, 11) is 0. The third-order valence-electron chi connectivity index (χ3n) is 2.08. The summed E-state index contributed by atoms with van der Waals surface area (Å²) in [4.78, 5) is 11.5. The van der Waals surface area contributed by atoms with Gasteiger partial charge in [0.15, 0.2) is 0 Å². The molecule has 5 heteroatoms. The van der Waals surface area contributed by atoms with Crippen LogP contribution >= 0.6 is 0 Å². The summed E-state index contributed by atoms with van der Waals surface area (Å²) in [5.41, 5.74) is 0.501. The molecule has 1 heterocycles. The predicted molar refractivity (Wildman–Crippen MR) is 55.2 cm³/mol. The summed E-state index contributed by atoms with van der Waals surface area (Å²) in [6.45, 7) is 2.68. The molecule has 82 valence electrons. The van der Waals surface area contributed by atoms with E-state index in [0.29, 0.717) is 18.5 Å². The summed E-state index contributed by atoms with van der Waals surface area (Å²) < 4.78 is 0. The van der Waals surface area contributed by atoms with Crippen molar-refractivity contribution in [3.8, 4) is 0 Å². The van der Waals surface area contributed by atoms with Gasteiger partial charge in [0.25, 0.3) is 5.91 Å². The number of carbonyl (C=O) groups excluding carboxylic acids is 1. The molecule has 1 amide bonds. The van der Waals surface area contributed by atoms with Gasteiger partial charge < -0.3 is 10.4 Å². The molecule has 1 rings (SSSR count). The van der Waals surface area contributed by atoms with Gasteiger partial charge in [0.1, 0.15) is 0 Å². The van der Waals surface area contributed by atoms with Gasteiger partial charge in [0, 0.05) is 13.2 Å². The molecule has 1 unspecified atom stereocenters. The van der Waals surface area contributed by atoms with Gasteiger partial charge >= 0.3 is 0 Å². The zero-order valence-electron chi connectivity index (χ0n) is 8.68. The highest BCUT2D eigenvalue weighted by Crippen LogP contribution is 1.99. The Morgan fingerprint density at radius 3 is 3.00 bits per heavy atom. The van der Waals surface area contributed by atoms with Crippen LogP contribution in [0.1, 0.15) is 23.7 Å². The molecular weight excluding hydrogens is 194 g/mol. The Hall–Kier alpha value is -1.49. The fourth-order valence-corrected chi connectivity index (χ4v) is 1.12. The summed E-state index contributed by atoms with van der Waals surface area (Å²) in [5.74, 6) is 0.114. The summed E-state index contributed by atoms with van der Waals surface area (Å²) >= 11 is 0. The highest BCUT2D eigenvalue weighted by Gasteiger charge is 2.07. The lowest BCUT2D eigenvalue weighted by atomic mass is 10.1. The van der Waals surface area contributed by atoms with Crippen molar-refractivity contribution < 1.29 is 9.90 Å². The standard InChI is InChI=1S/C10H15N3O2/c1-8(3-5-14)6-11-10(15)9-2-4-12-13-7-9/h2,4,7-8,14H,3,5-6H2,1H3,(H,11,15). The van der Waals surface area contributed by atoms with Crippen molar-refractivity contribution >= 4 is 5.91 Å². The molecule has 1 aromatic heterocycles. The highest BCUT2D eigenvalue weighted by molar-refractivity contribution is 5.93. The maximum absolute atomic E-state index is 11.5. The Morgan fingerprint density at radius 1 is 1.60 bits per heavy atom. The first-order chi connectivity index (χ1) is 7.24.